The summed E-state index contributed by atoms with van der Waals surface area (Å²) in [4.78, 5) is 36.1. The van der Waals surface area contributed by atoms with Crippen molar-refractivity contribution < 1.29 is 27.9 Å². The number of nitrogen functional groups attached to an aromatic ring is 1. The molecule has 2 aliphatic heterocycles. The summed E-state index contributed by atoms with van der Waals surface area (Å²) in [7, 11) is 0. The molecule has 0 unspecified atom stereocenters. The average Bonchev–Trinajstić information content (AvgIpc) is 3.45. The largest absolute Gasteiger partial charge is 0.416 e. The quantitative estimate of drug-likeness (QED) is 0.257. The second kappa shape index (κ2) is 12.9. The summed E-state index contributed by atoms with van der Waals surface area (Å²) in [6.45, 7) is 1.20. The molecule has 4 N–H and O–H groups in total. The van der Waals surface area contributed by atoms with E-state index in [1.54, 1.807) is 36.5 Å². The minimum absolute atomic E-state index is 0.116. The van der Waals surface area contributed by atoms with E-state index >= 15 is 0 Å². The topological polar surface area (TPSA) is 139 Å². The highest BCUT2D eigenvalue weighted by atomic mass is 19.4. The molecule has 10 nitrogen and oxygen atoms in total. The maximum atomic E-state index is 13.1. The third kappa shape index (κ3) is 6.59. The smallest absolute Gasteiger partial charge is 0.389 e. The van der Waals surface area contributed by atoms with Crippen LogP contribution in [-0.4, -0.2) is 60.8 Å². The molecule has 0 radical (unpaired) electrons. The number of rotatable bonds is 3. The number of hydrogen-bond donors (Lipinski definition) is 3. The number of nitrogens with zero attached hydrogens (tertiary/aromatic N) is 5. The molecule has 2 atom stereocenters. The molecule has 4 aromatic rings. The molecule has 1 fully saturated rings. The van der Waals surface area contributed by atoms with Gasteiger partial charge in [-0.2, -0.15) is 18.3 Å². The standard InChI is InChI=1S/C33H34F3N7O3/c34-33(35,36)23-14-15-38-26(17-23)40-32(46)21-10-8-20(9-11-21)29-28-30-22(18-39-31(28)37)12-13-25(44)6-2-1-3-7-27(45)42-16-4-5-24(19-42)43(30)41-29/h8-15,17-18,24-25,44H,1-7,16,19H2,(H2,37,39)(H,38,40,46)/b13-12+/t24-,25+/m1/s1. The molecular formula is C33H34F3N7O3. The van der Waals surface area contributed by atoms with Crippen molar-refractivity contribution in [1.29, 1.82) is 0 Å². The fraction of sp³-hybridized carbons (Fsp3) is 0.364. The molecule has 2 amide bonds. The number of anilines is 2. The van der Waals surface area contributed by atoms with Crippen LogP contribution in [0.15, 0.2) is 54.9 Å². The first-order valence-electron chi connectivity index (χ1n) is 15.3. The number of alkyl halides is 3. The zero-order valence-corrected chi connectivity index (χ0v) is 25.0. The number of carbonyl (C=O) groups is 2. The number of fused-ring (bicyclic) bond motifs is 3. The summed E-state index contributed by atoms with van der Waals surface area (Å²) < 4.78 is 41.2. The van der Waals surface area contributed by atoms with E-state index in [9.17, 15) is 27.9 Å². The third-order valence-electron chi connectivity index (χ3n) is 8.52. The van der Waals surface area contributed by atoms with Crippen LogP contribution in [0.25, 0.3) is 28.2 Å². The number of carbonyl (C=O) groups excluding carboxylic acids is 2. The van der Waals surface area contributed by atoms with Crippen LogP contribution < -0.4 is 11.1 Å². The van der Waals surface area contributed by atoms with Crippen LogP contribution >= 0.6 is 0 Å². The lowest BCUT2D eigenvalue weighted by Gasteiger charge is -2.33. The van der Waals surface area contributed by atoms with Gasteiger partial charge in [-0.3, -0.25) is 14.3 Å². The Balaban J connectivity index is 1.37. The van der Waals surface area contributed by atoms with Crippen LogP contribution in [0, 0.1) is 0 Å². The van der Waals surface area contributed by atoms with Gasteiger partial charge in [0.25, 0.3) is 5.91 Å². The Hall–Kier alpha value is -4.78. The van der Waals surface area contributed by atoms with Crippen molar-refractivity contribution in [2.75, 3.05) is 24.1 Å². The van der Waals surface area contributed by atoms with Gasteiger partial charge >= 0.3 is 6.18 Å². The van der Waals surface area contributed by atoms with Gasteiger partial charge in [0, 0.05) is 48.6 Å². The summed E-state index contributed by atoms with van der Waals surface area (Å²) >= 11 is 0. The molecule has 3 aromatic heterocycles. The van der Waals surface area contributed by atoms with E-state index < -0.39 is 23.8 Å². The Labute approximate surface area is 263 Å². The lowest BCUT2D eigenvalue weighted by atomic mass is 10.0. The number of benzene rings is 1. The number of piperidine rings is 1. The minimum Gasteiger partial charge on any atom is -0.389 e. The van der Waals surface area contributed by atoms with Crippen LogP contribution in [0.5, 0.6) is 0 Å². The van der Waals surface area contributed by atoms with Crippen molar-refractivity contribution in [3.05, 3.63) is 71.6 Å². The summed E-state index contributed by atoms with van der Waals surface area (Å²) in [5.74, 6) is -0.469. The number of aliphatic hydroxyl groups excluding tert-OH is 1. The van der Waals surface area contributed by atoms with Crippen molar-refractivity contribution in [3.8, 4) is 11.3 Å². The maximum absolute atomic E-state index is 13.1. The number of aliphatic hydroxyl groups is 1. The lowest BCUT2D eigenvalue weighted by molar-refractivity contribution is -0.137. The third-order valence-corrected chi connectivity index (χ3v) is 8.52. The highest BCUT2D eigenvalue weighted by Crippen LogP contribution is 2.37. The first-order chi connectivity index (χ1) is 22.1. The molecule has 1 saturated heterocycles. The van der Waals surface area contributed by atoms with E-state index in [2.05, 4.69) is 15.3 Å². The van der Waals surface area contributed by atoms with E-state index in [1.807, 2.05) is 15.7 Å². The number of halogens is 3. The molecule has 0 spiro atoms. The van der Waals surface area contributed by atoms with Crippen molar-refractivity contribution in [2.24, 2.45) is 0 Å². The molecule has 5 heterocycles. The Morgan fingerprint density at radius 2 is 1.85 bits per heavy atom. The van der Waals surface area contributed by atoms with Gasteiger partial charge in [0.05, 0.1) is 28.6 Å². The molecule has 13 heteroatoms. The van der Waals surface area contributed by atoms with Crippen molar-refractivity contribution in [2.45, 2.75) is 63.3 Å². The van der Waals surface area contributed by atoms with Gasteiger partial charge in [-0.25, -0.2) is 9.97 Å². The fourth-order valence-corrected chi connectivity index (χ4v) is 6.11. The second-order valence-corrected chi connectivity index (χ2v) is 11.7. The Morgan fingerprint density at radius 3 is 2.63 bits per heavy atom. The summed E-state index contributed by atoms with van der Waals surface area (Å²) in [6, 6.07) is 7.96. The molecule has 0 saturated carbocycles. The van der Waals surface area contributed by atoms with E-state index in [1.165, 1.54) is 0 Å². The maximum Gasteiger partial charge on any atom is 0.416 e. The first-order valence-corrected chi connectivity index (χ1v) is 15.3. The molecule has 0 aliphatic carbocycles. The van der Waals surface area contributed by atoms with Crippen molar-refractivity contribution >= 4 is 40.4 Å². The number of amides is 2. The average molecular weight is 634 g/mol. The Morgan fingerprint density at radius 1 is 1.04 bits per heavy atom. The molecule has 240 valence electrons. The van der Waals surface area contributed by atoms with Crippen LogP contribution in [0.3, 0.4) is 0 Å². The predicted molar refractivity (Wildman–Crippen MR) is 168 cm³/mol. The number of nitrogens with one attached hydrogen (secondary N) is 1. The molecule has 1 aromatic carbocycles. The van der Waals surface area contributed by atoms with E-state index in [0.29, 0.717) is 42.6 Å². The number of hydrogen-bond acceptors (Lipinski definition) is 7. The minimum atomic E-state index is -4.57. The van der Waals surface area contributed by atoms with Gasteiger partial charge in [-0.15, -0.1) is 0 Å². The number of nitrogens with two attached hydrogens (primary N) is 1. The highest BCUT2D eigenvalue weighted by Gasteiger charge is 2.31. The van der Waals surface area contributed by atoms with Gasteiger partial charge in [-0.1, -0.05) is 37.1 Å². The van der Waals surface area contributed by atoms with Gasteiger partial charge < -0.3 is 21.1 Å². The van der Waals surface area contributed by atoms with Gasteiger partial charge in [0.1, 0.15) is 17.3 Å². The lowest BCUT2D eigenvalue weighted by Crippen LogP contribution is -2.40. The SMILES string of the molecule is Nc1ncc2c3c1c(-c1ccc(C(=O)Nc4cc(C(F)(F)F)ccn4)cc1)nn3[C@@H]1CCCN(C1)C(=O)CCCCC[C@H](O)/C=C/2. The van der Waals surface area contributed by atoms with Gasteiger partial charge in [0.2, 0.25) is 5.91 Å². The zero-order valence-electron chi connectivity index (χ0n) is 25.0. The van der Waals surface area contributed by atoms with Gasteiger partial charge in [-0.05, 0) is 49.9 Å². The van der Waals surface area contributed by atoms with Crippen molar-refractivity contribution in [1.82, 2.24) is 24.6 Å². The summed E-state index contributed by atoms with van der Waals surface area (Å²) in [5, 5.41) is 18.7. The normalized spacial score (nSPS) is 20.2. The second-order valence-electron chi connectivity index (χ2n) is 11.7. The fourth-order valence-electron chi connectivity index (χ4n) is 6.11. The molecule has 6 rings (SSSR count). The van der Waals surface area contributed by atoms with Gasteiger partial charge in [0.15, 0.2) is 0 Å². The molecule has 46 heavy (non-hydrogen) atoms. The Bertz CT molecular complexity index is 1790. The van der Waals surface area contributed by atoms with Crippen molar-refractivity contribution in [3.63, 3.8) is 0 Å². The molecule has 2 bridgehead atoms. The first kappa shape index (κ1) is 31.2. The highest BCUT2D eigenvalue weighted by molar-refractivity contribution is 6.06. The van der Waals surface area contributed by atoms with Crippen LogP contribution in [-0.2, 0) is 11.0 Å². The van der Waals surface area contributed by atoms with Crippen LogP contribution in [0.4, 0.5) is 24.8 Å². The summed E-state index contributed by atoms with van der Waals surface area (Å²) in [5.41, 5.74) is 8.40. The number of aromatic nitrogens is 4. The van der Waals surface area contributed by atoms with E-state index in [-0.39, 0.29) is 29.1 Å². The predicted octanol–water partition coefficient (Wildman–Crippen LogP) is 5.85. The molecular weight excluding hydrogens is 599 g/mol. The van der Waals surface area contributed by atoms with Crippen LogP contribution in [0.1, 0.15) is 72.5 Å². The van der Waals surface area contributed by atoms with Crippen LogP contribution in [0.2, 0.25) is 0 Å². The summed E-state index contributed by atoms with van der Waals surface area (Å²) in [6.07, 6.45) is 6.13. The van der Waals surface area contributed by atoms with E-state index in [4.69, 9.17) is 10.8 Å². The Kier molecular flexibility index (Phi) is 8.76. The number of pyridine rings is 2. The molecule has 2 aliphatic rings. The monoisotopic (exact) mass is 633 g/mol. The van der Waals surface area contributed by atoms with E-state index in [0.717, 1.165) is 61.5 Å². The zero-order chi connectivity index (χ0) is 32.4.